The van der Waals surface area contributed by atoms with Crippen molar-refractivity contribution in [1.29, 1.82) is 0 Å². The first-order chi connectivity index (χ1) is 6.76. The van der Waals surface area contributed by atoms with Gasteiger partial charge in [0.15, 0.2) is 0 Å². The number of nitrogens with two attached hydrogens (primary N) is 1. The van der Waals surface area contributed by atoms with E-state index in [2.05, 4.69) is 18.4 Å². The molecule has 1 heterocycles. The van der Waals surface area contributed by atoms with Crippen LogP contribution in [-0.2, 0) is 5.88 Å². The highest BCUT2D eigenvalue weighted by atomic mass is 35.5. The first kappa shape index (κ1) is 10.1. The number of rotatable bonds is 2. The van der Waals surface area contributed by atoms with Crippen LogP contribution in [0.1, 0.15) is 5.56 Å². The Morgan fingerprint density at radius 1 is 1.50 bits per heavy atom. The van der Waals surface area contributed by atoms with E-state index in [9.17, 15) is 0 Å². The van der Waals surface area contributed by atoms with Crippen molar-refractivity contribution in [2.45, 2.75) is 10.8 Å². The lowest BCUT2D eigenvalue weighted by molar-refractivity contribution is 1.38. The molecule has 0 unspecified atom stereocenters. The van der Waals surface area contributed by atoms with Crippen molar-refractivity contribution in [2.24, 2.45) is 0 Å². The van der Waals surface area contributed by atoms with Gasteiger partial charge in [-0.25, -0.2) is 0 Å². The molecule has 0 spiro atoms. The maximum absolute atomic E-state index is 5.90. The fraction of sp³-hybridized carbons (Fsp3) is 0.200. The number of hydrogen-bond donors (Lipinski definition) is 1. The van der Waals surface area contributed by atoms with Crippen LogP contribution in [0.25, 0.3) is 10.1 Å². The molecule has 0 saturated carbocycles. The van der Waals surface area contributed by atoms with Crippen LogP contribution in [0.4, 0.5) is 5.69 Å². The second kappa shape index (κ2) is 4.01. The van der Waals surface area contributed by atoms with Crippen LogP contribution in [0.15, 0.2) is 22.4 Å². The summed E-state index contributed by atoms with van der Waals surface area (Å²) in [5.74, 6) is 0.520. The first-order valence-electron chi connectivity index (χ1n) is 4.16. The van der Waals surface area contributed by atoms with Crippen LogP contribution < -0.4 is 5.73 Å². The van der Waals surface area contributed by atoms with Crippen molar-refractivity contribution in [2.75, 3.05) is 12.0 Å². The van der Waals surface area contributed by atoms with E-state index in [0.717, 1.165) is 16.6 Å². The normalized spacial score (nSPS) is 11.0. The second-order valence-corrected chi connectivity index (χ2v) is 5.04. The molecule has 0 saturated heterocycles. The number of halogens is 1. The van der Waals surface area contributed by atoms with Gasteiger partial charge < -0.3 is 5.73 Å². The Balaban J connectivity index is 2.76. The number of hydrogen-bond acceptors (Lipinski definition) is 3. The van der Waals surface area contributed by atoms with Gasteiger partial charge in [-0.1, -0.05) is 0 Å². The third kappa shape index (κ3) is 1.60. The van der Waals surface area contributed by atoms with Crippen molar-refractivity contribution >= 4 is 50.5 Å². The molecule has 0 atom stereocenters. The largest absolute Gasteiger partial charge is 0.398 e. The molecular formula is C10H10ClNS2. The van der Waals surface area contributed by atoms with E-state index in [-0.39, 0.29) is 0 Å². The van der Waals surface area contributed by atoms with Gasteiger partial charge in [-0.15, -0.1) is 34.7 Å². The zero-order valence-corrected chi connectivity index (χ0v) is 10.1. The Labute approximate surface area is 96.2 Å². The van der Waals surface area contributed by atoms with Crippen LogP contribution in [0.5, 0.6) is 0 Å². The summed E-state index contributed by atoms with van der Waals surface area (Å²) in [6.45, 7) is 0. The molecular weight excluding hydrogens is 234 g/mol. The van der Waals surface area contributed by atoms with Crippen molar-refractivity contribution < 1.29 is 0 Å². The molecule has 0 radical (unpaired) electrons. The van der Waals surface area contributed by atoms with E-state index in [1.54, 1.807) is 23.1 Å². The quantitative estimate of drug-likeness (QED) is 0.639. The van der Waals surface area contributed by atoms with E-state index >= 15 is 0 Å². The monoisotopic (exact) mass is 243 g/mol. The molecule has 0 aliphatic heterocycles. The molecule has 2 rings (SSSR count). The Kier molecular flexibility index (Phi) is 2.91. The van der Waals surface area contributed by atoms with Crippen molar-refractivity contribution in [3.63, 3.8) is 0 Å². The number of fused-ring (bicyclic) bond motifs is 1. The van der Waals surface area contributed by atoms with Gasteiger partial charge in [-0.2, -0.15) is 0 Å². The lowest BCUT2D eigenvalue weighted by atomic mass is 10.1. The van der Waals surface area contributed by atoms with Crippen LogP contribution in [0.3, 0.4) is 0 Å². The molecule has 74 valence electrons. The van der Waals surface area contributed by atoms with Gasteiger partial charge in [-0.3, -0.25) is 0 Å². The number of thiophene rings is 1. The molecule has 4 heteroatoms. The zero-order valence-electron chi connectivity index (χ0n) is 7.71. The minimum absolute atomic E-state index is 0.520. The van der Waals surface area contributed by atoms with Crippen LogP contribution in [-0.4, -0.2) is 6.26 Å². The fourth-order valence-corrected chi connectivity index (χ4v) is 3.19. The zero-order chi connectivity index (χ0) is 10.1. The molecule has 0 bridgehead atoms. The van der Waals surface area contributed by atoms with Gasteiger partial charge in [0.2, 0.25) is 0 Å². The van der Waals surface area contributed by atoms with Crippen LogP contribution in [0, 0.1) is 0 Å². The number of benzene rings is 1. The van der Waals surface area contributed by atoms with Crippen LogP contribution in [0.2, 0.25) is 0 Å². The molecule has 0 amide bonds. The summed E-state index contributed by atoms with van der Waals surface area (Å²) in [7, 11) is 0. The van der Waals surface area contributed by atoms with Crippen molar-refractivity contribution in [1.82, 2.24) is 0 Å². The van der Waals surface area contributed by atoms with Gasteiger partial charge in [0.05, 0.1) is 5.69 Å². The molecule has 0 aliphatic carbocycles. The molecule has 2 aromatic rings. The molecule has 2 N–H and O–H groups in total. The SMILES string of the molecule is CSc1cc(CCl)c2c(N)csc2c1. The number of nitrogen functional groups attached to an aromatic ring is 1. The fourth-order valence-electron chi connectivity index (χ4n) is 1.47. The highest BCUT2D eigenvalue weighted by Gasteiger charge is 2.07. The highest BCUT2D eigenvalue weighted by Crippen LogP contribution is 2.35. The molecule has 1 aromatic carbocycles. The third-order valence-electron chi connectivity index (χ3n) is 2.14. The summed E-state index contributed by atoms with van der Waals surface area (Å²) in [6, 6.07) is 4.28. The van der Waals surface area contributed by atoms with Crippen molar-refractivity contribution in [3.8, 4) is 0 Å². The van der Waals surface area contributed by atoms with Gasteiger partial charge in [0.25, 0.3) is 0 Å². The van der Waals surface area contributed by atoms with E-state index in [1.165, 1.54) is 9.60 Å². The maximum Gasteiger partial charge on any atom is 0.0506 e. The average molecular weight is 244 g/mol. The number of thioether (sulfide) groups is 1. The van der Waals surface area contributed by atoms with Gasteiger partial charge in [0.1, 0.15) is 0 Å². The minimum Gasteiger partial charge on any atom is -0.398 e. The standard InChI is InChI=1S/C10H10ClNS2/c1-13-7-2-6(4-11)10-8(12)5-14-9(10)3-7/h2-3,5H,4,12H2,1H3. The summed E-state index contributed by atoms with van der Waals surface area (Å²) in [6.07, 6.45) is 2.07. The van der Waals surface area contributed by atoms with Gasteiger partial charge >= 0.3 is 0 Å². The molecule has 14 heavy (non-hydrogen) atoms. The topological polar surface area (TPSA) is 26.0 Å². The lowest BCUT2D eigenvalue weighted by Crippen LogP contribution is -1.86. The summed E-state index contributed by atoms with van der Waals surface area (Å²) in [4.78, 5) is 1.25. The summed E-state index contributed by atoms with van der Waals surface area (Å²) in [5, 5.41) is 3.10. The molecule has 1 nitrogen and oxygen atoms in total. The third-order valence-corrected chi connectivity index (χ3v) is 4.08. The second-order valence-electron chi connectivity index (χ2n) is 2.98. The first-order valence-corrected chi connectivity index (χ1v) is 6.79. The highest BCUT2D eigenvalue weighted by molar-refractivity contribution is 7.98. The van der Waals surface area contributed by atoms with E-state index in [0.29, 0.717) is 5.88 Å². The van der Waals surface area contributed by atoms with E-state index < -0.39 is 0 Å². The summed E-state index contributed by atoms with van der Waals surface area (Å²) >= 11 is 9.31. The number of alkyl halides is 1. The summed E-state index contributed by atoms with van der Waals surface area (Å²) < 4.78 is 1.23. The molecule has 0 aliphatic rings. The predicted octanol–water partition coefficient (Wildman–Crippen LogP) is 3.94. The molecule has 0 fully saturated rings. The predicted molar refractivity (Wildman–Crippen MR) is 67.6 cm³/mol. The smallest absolute Gasteiger partial charge is 0.0506 e. The van der Waals surface area contributed by atoms with Crippen LogP contribution >= 0.6 is 34.7 Å². The lowest BCUT2D eigenvalue weighted by Gasteiger charge is -2.03. The van der Waals surface area contributed by atoms with Gasteiger partial charge in [0, 0.05) is 26.2 Å². The Hall–Kier alpha value is -0.380. The van der Waals surface area contributed by atoms with E-state index in [4.69, 9.17) is 17.3 Å². The average Bonchev–Trinajstić information content (AvgIpc) is 2.59. The Morgan fingerprint density at radius 2 is 2.29 bits per heavy atom. The molecule has 1 aromatic heterocycles. The number of anilines is 1. The minimum atomic E-state index is 0.520. The van der Waals surface area contributed by atoms with Gasteiger partial charge in [-0.05, 0) is 24.0 Å². The Morgan fingerprint density at radius 3 is 2.93 bits per heavy atom. The summed E-state index contributed by atoms with van der Waals surface area (Å²) in [5.41, 5.74) is 7.86. The van der Waals surface area contributed by atoms with E-state index in [1.807, 2.05) is 5.38 Å². The van der Waals surface area contributed by atoms with Crippen molar-refractivity contribution in [3.05, 3.63) is 23.1 Å². The maximum atomic E-state index is 5.90. The Bertz CT molecular complexity index is 464.